The van der Waals surface area contributed by atoms with Crippen molar-refractivity contribution in [3.05, 3.63) is 52.6 Å². The van der Waals surface area contributed by atoms with E-state index in [1.807, 2.05) is 12.1 Å². The van der Waals surface area contributed by atoms with E-state index in [1.54, 1.807) is 18.2 Å². The fourth-order valence-corrected chi connectivity index (χ4v) is 5.51. The van der Waals surface area contributed by atoms with E-state index in [2.05, 4.69) is 15.7 Å². The Hall–Kier alpha value is -2.17. The average Bonchev–Trinajstić information content (AvgIpc) is 3.37. The molecule has 0 atom stereocenters. The molecule has 152 valence electrons. The quantitative estimate of drug-likeness (QED) is 0.633. The lowest BCUT2D eigenvalue weighted by molar-refractivity contribution is 0.228. The largest absolute Gasteiger partial charge is 0.368 e. The number of halogens is 2. The number of hydrogen-bond donors (Lipinski definition) is 2. The fraction of sp³-hybridized carbons (Fsp3) is 0.222. The molecule has 1 saturated heterocycles. The van der Waals surface area contributed by atoms with Gasteiger partial charge in [-0.3, -0.25) is 0 Å². The van der Waals surface area contributed by atoms with Gasteiger partial charge in [0.05, 0.1) is 15.6 Å². The lowest BCUT2D eigenvalue weighted by atomic mass is 10.2. The summed E-state index contributed by atoms with van der Waals surface area (Å²) in [5, 5.41) is 4.68. The lowest BCUT2D eigenvalue weighted by Gasteiger charge is -2.30. The first kappa shape index (κ1) is 18.8. The van der Waals surface area contributed by atoms with Crippen LogP contribution in [-0.2, 0) is 15.1 Å². The Morgan fingerprint density at radius 1 is 1.00 bits per heavy atom. The lowest BCUT2D eigenvalue weighted by Crippen LogP contribution is -2.43. The van der Waals surface area contributed by atoms with E-state index in [4.69, 9.17) is 28.1 Å². The third-order valence-corrected chi connectivity index (χ3v) is 7.19. The molecule has 3 aromatic rings. The van der Waals surface area contributed by atoms with Crippen LogP contribution >= 0.6 is 23.2 Å². The molecule has 1 aromatic heterocycles. The predicted octanol–water partition coefficient (Wildman–Crippen LogP) is 3.23. The summed E-state index contributed by atoms with van der Waals surface area (Å²) in [6.07, 6.45) is 1.52. The number of benzene rings is 2. The summed E-state index contributed by atoms with van der Waals surface area (Å²) in [5.74, 6) is 0. The Bertz CT molecular complexity index is 1210. The number of hydrogen-bond acceptors (Lipinski definition) is 6. The van der Waals surface area contributed by atoms with Gasteiger partial charge in [0.25, 0.3) is 0 Å². The highest BCUT2D eigenvalue weighted by molar-refractivity contribution is 7.91. The first-order chi connectivity index (χ1) is 14.0. The van der Waals surface area contributed by atoms with Crippen LogP contribution < -0.4 is 20.2 Å². The van der Waals surface area contributed by atoms with Crippen molar-refractivity contribution in [3.63, 3.8) is 0 Å². The summed E-state index contributed by atoms with van der Waals surface area (Å²) >= 11 is 12.4. The highest BCUT2D eigenvalue weighted by atomic mass is 35.5. The first-order valence-corrected chi connectivity index (χ1v) is 11.2. The number of nitrogens with one attached hydrogen (secondary N) is 2. The van der Waals surface area contributed by atoms with Crippen LogP contribution in [0.3, 0.4) is 0 Å². The van der Waals surface area contributed by atoms with Gasteiger partial charge < -0.3 is 10.2 Å². The molecule has 0 radical (unpaired) electrons. The summed E-state index contributed by atoms with van der Waals surface area (Å²) in [7, 11) is -4.13. The van der Waals surface area contributed by atoms with E-state index >= 15 is 0 Å². The number of rotatable bonds is 3. The van der Waals surface area contributed by atoms with Gasteiger partial charge in [-0.1, -0.05) is 33.7 Å². The zero-order valence-corrected chi connectivity index (χ0v) is 17.4. The molecular weight excluding hydrogens is 437 g/mol. The minimum Gasteiger partial charge on any atom is -0.368 e. The summed E-state index contributed by atoms with van der Waals surface area (Å²) < 4.78 is 28.8. The molecule has 5 rings (SSSR count). The van der Waals surface area contributed by atoms with Crippen molar-refractivity contribution in [1.29, 1.82) is 0 Å². The highest BCUT2D eigenvalue weighted by Crippen LogP contribution is 2.45. The number of anilines is 3. The van der Waals surface area contributed by atoms with Crippen LogP contribution in [0.15, 0.2) is 42.6 Å². The van der Waals surface area contributed by atoms with Gasteiger partial charge in [0.2, 0.25) is 0 Å². The van der Waals surface area contributed by atoms with Crippen molar-refractivity contribution in [2.45, 2.75) is 0 Å². The molecule has 0 unspecified atom stereocenters. The topological polar surface area (TPSA) is 78.8 Å². The van der Waals surface area contributed by atoms with Crippen LogP contribution in [0.5, 0.6) is 0 Å². The van der Waals surface area contributed by atoms with Gasteiger partial charge in [0.1, 0.15) is 11.4 Å². The molecule has 0 bridgehead atoms. The second-order valence-electron chi connectivity index (χ2n) is 6.74. The van der Waals surface area contributed by atoms with Crippen molar-refractivity contribution in [2.75, 3.05) is 41.0 Å². The average molecular weight is 454 g/mol. The Morgan fingerprint density at radius 3 is 2.55 bits per heavy atom. The van der Waals surface area contributed by atoms with E-state index in [9.17, 15) is 8.42 Å². The van der Waals surface area contributed by atoms with Crippen molar-refractivity contribution in [3.8, 4) is 0 Å². The number of nitrogens with zero attached hydrogens (tertiary/aromatic N) is 3. The van der Waals surface area contributed by atoms with E-state index in [1.165, 1.54) is 16.2 Å². The smallest absolute Gasteiger partial charge is 0.355 e. The molecule has 29 heavy (non-hydrogen) atoms. The summed E-state index contributed by atoms with van der Waals surface area (Å²) in [4.78, 5) is 7.50. The Kier molecular flexibility index (Phi) is 4.52. The maximum Gasteiger partial charge on any atom is 0.355 e. The van der Waals surface area contributed by atoms with Gasteiger partial charge >= 0.3 is 10.2 Å². The molecular formula is C18H17Cl2N5O3S. The molecule has 11 heteroatoms. The van der Waals surface area contributed by atoms with Crippen LogP contribution in [0.2, 0.25) is 10.0 Å². The van der Waals surface area contributed by atoms with Gasteiger partial charge in [-0.25, -0.2) is 9.45 Å². The van der Waals surface area contributed by atoms with Crippen LogP contribution in [-0.4, -0.2) is 38.6 Å². The number of aromatic nitrogens is 1. The third kappa shape index (κ3) is 2.92. The molecule has 0 amide bonds. The van der Waals surface area contributed by atoms with Gasteiger partial charge in [0, 0.05) is 43.4 Å². The van der Waals surface area contributed by atoms with Gasteiger partial charge in [-0.05, 0) is 30.3 Å². The monoisotopic (exact) mass is 453 g/mol. The zero-order valence-electron chi connectivity index (χ0n) is 15.1. The molecule has 2 N–H and O–H groups in total. The second kappa shape index (κ2) is 6.96. The Morgan fingerprint density at radius 2 is 1.76 bits per heavy atom. The molecule has 2 aromatic carbocycles. The standard InChI is InChI=1S/C18H17Cl2N5O3S/c19-13-4-5-14(20)18-17(13)22-28-25(18)29(26,27)24-9-6-12-15(2-1-3-16(12)24)23-10-7-21-8-11-23/h1-6,9,21-22H,7-8,10-11H2. The molecule has 0 spiro atoms. The van der Waals surface area contributed by atoms with Crippen molar-refractivity contribution in [2.24, 2.45) is 0 Å². The Balaban J connectivity index is 1.61. The van der Waals surface area contributed by atoms with E-state index in [0.29, 0.717) is 16.2 Å². The van der Waals surface area contributed by atoms with Crippen LogP contribution in [0.4, 0.5) is 17.1 Å². The van der Waals surface area contributed by atoms with Crippen LogP contribution in [0, 0.1) is 0 Å². The van der Waals surface area contributed by atoms with E-state index in [0.717, 1.165) is 41.7 Å². The normalized spacial score (nSPS) is 16.9. The molecule has 2 aliphatic heterocycles. The molecule has 3 heterocycles. The highest BCUT2D eigenvalue weighted by Gasteiger charge is 2.37. The fourth-order valence-electron chi connectivity index (χ4n) is 3.70. The van der Waals surface area contributed by atoms with Gasteiger partial charge in [-0.15, -0.1) is 4.94 Å². The second-order valence-corrected chi connectivity index (χ2v) is 9.17. The van der Waals surface area contributed by atoms with Crippen LogP contribution in [0.1, 0.15) is 0 Å². The minimum absolute atomic E-state index is 0.152. The third-order valence-electron chi connectivity index (χ3n) is 5.08. The molecule has 8 nitrogen and oxygen atoms in total. The minimum atomic E-state index is -4.13. The maximum atomic E-state index is 13.4. The SMILES string of the molecule is O=S(=O)(N1ONc2c(Cl)ccc(Cl)c21)n1ccc2c(N3CCNCC3)cccc21. The summed E-state index contributed by atoms with van der Waals surface area (Å²) in [5.41, 5.74) is 4.55. The maximum absolute atomic E-state index is 13.4. The number of piperazine rings is 1. The Labute approximate surface area is 177 Å². The van der Waals surface area contributed by atoms with E-state index < -0.39 is 10.2 Å². The predicted molar refractivity (Wildman–Crippen MR) is 115 cm³/mol. The van der Waals surface area contributed by atoms with E-state index in [-0.39, 0.29) is 10.7 Å². The first-order valence-electron chi connectivity index (χ1n) is 9.01. The zero-order chi connectivity index (χ0) is 20.2. The van der Waals surface area contributed by atoms with Crippen LogP contribution in [0.25, 0.3) is 10.9 Å². The van der Waals surface area contributed by atoms with Gasteiger partial charge in [0.15, 0.2) is 0 Å². The van der Waals surface area contributed by atoms with Crippen molar-refractivity contribution >= 4 is 61.4 Å². The number of fused-ring (bicyclic) bond motifs is 2. The van der Waals surface area contributed by atoms with Crippen molar-refractivity contribution < 1.29 is 13.4 Å². The summed E-state index contributed by atoms with van der Waals surface area (Å²) in [6.45, 7) is 3.49. The molecule has 0 saturated carbocycles. The molecule has 0 aliphatic carbocycles. The summed E-state index contributed by atoms with van der Waals surface area (Å²) in [6, 6.07) is 10.5. The van der Waals surface area contributed by atoms with Crippen molar-refractivity contribution in [1.82, 2.24) is 9.29 Å². The molecule has 1 fully saturated rings. The molecule has 2 aliphatic rings. The van der Waals surface area contributed by atoms with Gasteiger partial charge in [-0.2, -0.15) is 8.42 Å².